The van der Waals surface area contributed by atoms with Crippen LogP contribution in [0.1, 0.15) is 15.2 Å². The fraction of sp³-hybridized carbons (Fsp3) is 0.273. The number of H-pyrrole nitrogens is 1. The van der Waals surface area contributed by atoms with Crippen molar-refractivity contribution < 1.29 is 4.79 Å². The normalized spacial score (nSPS) is 10.3. The van der Waals surface area contributed by atoms with Crippen LogP contribution < -0.4 is 0 Å². The van der Waals surface area contributed by atoms with Crippen molar-refractivity contribution in [2.75, 3.05) is 13.6 Å². The van der Waals surface area contributed by atoms with E-state index in [1.54, 1.807) is 28.6 Å². The van der Waals surface area contributed by atoms with Gasteiger partial charge in [-0.05, 0) is 17.9 Å². The maximum Gasteiger partial charge on any atom is 0.256 e. The number of nitrogens with zero attached hydrogens (tertiary/aromatic N) is 2. The summed E-state index contributed by atoms with van der Waals surface area (Å²) in [5, 5.41) is 8.45. The quantitative estimate of drug-likeness (QED) is 0.878. The lowest BCUT2D eigenvalue weighted by Crippen LogP contribution is -2.28. The maximum atomic E-state index is 11.8. The number of hydrogen-bond acceptors (Lipinski definition) is 3. The molecule has 0 aliphatic rings. The van der Waals surface area contributed by atoms with Crippen LogP contribution in [0.25, 0.3) is 0 Å². The molecule has 1 amide bonds. The number of rotatable bonds is 4. The summed E-state index contributed by atoms with van der Waals surface area (Å²) in [4.78, 5) is 14.8. The van der Waals surface area contributed by atoms with Gasteiger partial charge in [-0.2, -0.15) is 5.10 Å². The molecule has 0 atom stereocenters. The highest BCUT2D eigenvalue weighted by Crippen LogP contribution is 2.10. The molecule has 0 radical (unpaired) electrons. The summed E-state index contributed by atoms with van der Waals surface area (Å²) < 4.78 is 0. The minimum atomic E-state index is 0.00491. The van der Waals surface area contributed by atoms with Crippen molar-refractivity contribution in [3.8, 4) is 0 Å². The predicted octanol–water partition coefficient (Wildman–Crippen LogP) is 1.79. The van der Waals surface area contributed by atoms with E-state index in [4.69, 9.17) is 0 Å². The number of aromatic nitrogens is 2. The largest absolute Gasteiger partial charge is 0.341 e. The summed E-state index contributed by atoms with van der Waals surface area (Å²) in [5.41, 5.74) is 0.605. The number of nitrogens with one attached hydrogen (secondary N) is 1. The predicted molar refractivity (Wildman–Crippen MR) is 63.6 cm³/mol. The highest BCUT2D eigenvalue weighted by atomic mass is 32.1. The van der Waals surface area contributed by atoms with E-state index in [1.165, 1.54) is 4.88 Å². The van der Waals surface area contributed by atoms with Crippen molar-refractivity contribution in [1.82, 2.24) is 15.1 Å². The van der Waals surface area contributed by atoms with Crippen LogP contribution in [0, 0.1) is 0 Å². The van der Waals surface area contributed by atoms with Crippen LogP contribution in [-0.4, -0.2) is 34.6 Å². The van der Waals surface area contributed by atoms with Gasteiger partial charge < -0.3 is 4.90 Å². The fourth-order valence-corrected chi connectivity index (χ4v) is 2.12. The van der Waals surface area contributed by atoms with E-state index >= 15 is 0 Å². The Labute approximate surface area is 97.9 Å². The topological polar surface area (TPSA) is 49.0 Å². The summed E-state index contributed by atoms with van der Waals surface area (Å²) >= 11 is 1.72. The number of aromatic amines is 1. The number of thiophene rings is 1. The Hall–Kier alpha value is -1.62. The standard InChI is InChI=1S/C11H13N3OS/c1-14(5-4-10-3-2-6-16-10)11(15)9-7-12-13-8-9/h2-3,6-8H,4-5H2,1H3,(H,12,13). The van der Waals surface area contributed by atoms with Gasteiger partial charge >= 0.3 is 0 Å². The SMILES string of the molecule is CN(CCc1cccs1)C(=O)c1cn[nH]c1. The fourth-order valence-electron chi connectivity index (χ4n) is 1.42. The van der Waals surface area contributed by atoms with Gasteiger partial charge in [-0.3, -0.25) is 9.89 Å². The lowest BCUT2D eigenvalue weighted by molar-refractivity contribution is 0.0797. The van der Waals surface area contributed by atoms with Crippen LogP contribution in [0.3, 0.4) is 0 Å². The summed E-state index contributed by atoms with van der Waals surface area (Å²) in [6.45, 7) is 0.727. The zero-order chi connectivity index (χ0) is 11.4. The van der Waals surface area contributed by atoms with Crippen molar-refractivity contribution >= 4 is 17.2 Å². The first kappa shape index (κ1) is 10.9. The molecule has 0 aliphatic heterocycles. The third-order valence-corrected chi connectivity index (χ3v) is 3.30. The average Bonchev–Trinajstić information content (AvgIpc) is 2.96. The molecule has 2 rings (SSSR count). The molecule has 2 heterocycles. The van der Waals surface area contributed by atoms with Gasteiger partial charge in [0, 0.05) is 24.7 Å². The molecule has 0 aliphatic carbocycles. The minimum absolute atomic E-state index is 0.00491. The number of carbonyl (C=O) groups excluding carboxylic acids is 1. The Bertz CT molecular complexity index is 436. The average molecular weight is 235 g/mol. The van der Waals surface area contributed by atoms with E-state index in [9.17, 15) is 4.79 Å². The van der Waals surface area contributed by atoms with Crippen LogP contribution in [0.4, 0.5) is 0 Å². The van der Waals surface area contributed by atoms with Crippen LogP contribution in [0.5, 0.6) is 0 Å². The first-order valence-electron chi connectivity index (χ1n) is 5.04. The van der Waals surface area contributed by atoms with Crippen LogP contribution >= 0.6 is 11.3 Å². The van der Waals surface area contributed by atoms with Gasteiger partial charge in [-0.25, -0.2) is 0 Å². The smallest absolute Gasteiger partial charge is 0.256 e. The lowest BCUT2D eigenvalue weighted by atomic mass is 10.3. The van der Waals surface area contributed by atoms with Crippen molar-refractivity contribution in [3.05, 3.63) is 40.3 Å². The molecule has 84 valence electrons. The van der Waals surface area contributed by atoms with Gasteiger partial charge in [-0.1, -0.05) is 6.07 Å². The number of hydrogen-bond donors (Lipinski definition) is 1. The molecule has 2 aromatic rings. The molecule has 16 heavy (non-hydrogen) atoms. The second-order valence-corrected chi connectivity index (χ2v) is 4.58. The van der Waals surface area contributed by atoms with Crippen molar-refractivity contribution in [2.24, 2.45) is 0 Å². The molecule has 0 bridgehead atoms. The summed E-state index contributed by atoms with van der Waals surface area (Å²) in [6, 6.07) is 4.11. The molecule has 1 N–H and O–H groups in total. The summed E-state index contributed by atoms with van der Waals surface area (Å²) in [7, 11) is 1.81. The van der Waals surface area contributed by atoms with Crippen molar-refractivity contribution in [2.45, 2.75) is 6.42 Å². The molecule has 4 nitrogen and oxygen atoms in total. The second kappa shape index (κ2) is 4.94. The van der Waals surface area contributed by atoms with Crippen LogP contribution in [-0.2, 0) is 6.42 Å². The molecule has 0 unspecified atom stereocenters. The molecule has 0 fully saturated rings. The Morgan fingerprint density at radius 2 is 2.50 bits per heavy atom. The maximum absolute atomic E-state index is 11.8. The number of amides is 1. The number of likely N-dealkylation sites (N-methyl/N-ethyl adjacent to an activating group) is 1. The molecule has 0 saturated carbocycles. The Balaban J connectivity index is 1.89. The Morgan fingerprint density at radius 1 is 1.62 bits per heavy atom. The first-order valence-corrected chi connectivity index (χ1v) is 5.92. The Morgan fingerprint density at radius 3 is 3.12 bits per heavy atom. The zero-order valence-corrected chi connectivity index (χ0v) is 9.83. The van der Waals surface area contributed by atoms with E-state index in [1.807, 2.05) is 18.5 Å². The van der Waals surface area contributed by atoms with Crippen LogP contribution in [0.2, 0.25) is 0 Å². The van der Waals surface area contributed by atoms with Gasteiger partial charge in [0.15, 0.2) is 0 Å². The highest BCUT2D eigenvalue weighted by Gasteiger charge is 2.12. The molecule has 2 aromatic heterocycles. The second-order valence-electron chi connectivity index (χ2n) is 3.54. The van der Waals surface area contributed by atoms with Crippen molar-refractivity contribution in [1.29, 1.82) is 0 Å². The van der Waals surface area contributed by atoms with Crippen molar-refractivity contribution in [3.63, 3.8) is 0 Å². The highest BCUT2D eigenvalue weighted by molar-refractivity contribution is 7.09. The molecule has 5 heteroatoms. The van der Waals surface area contributed by atoms with E-state index in [0.717, 1.165) is 13.0 Å². The summed E-state index contributed by atoms with van der Waals surface area (Å²) in [5.74, 6) is 0.00491. The monoisotopic (exact) mass is 235 g/mol. The van der Waals surface area contributed by atoms with Gasteiger partial charge in [0.1, 0.15) is 0 Å². The first-order chi connectivity index (χ1) is 7.77. The van der Waals surface area contributed by atoms with Gasteiger partial charge in [0.25, 0.3) is 5.91 Å². The van der Waals surface area contributed by atoms with E-state index < -0.39 is 0 Å². The van der Waals surface area contributed by atoms with E-state index in [2.05, 4.69) is 16.3 Å². The minimum Gasteiger partial charge on any atom is -0.341 e. The molecular weight excluding hydrogens is 222 g/mol. The zero-order valence-electron chi connectivity index (χ0n) is 9.01. The third kappa shape index (κ3) is 2.49. The molecular formula is C11H13N3OS. The van der Waals surface area contributed by atoms with Gasteiger partial charge in [0.2, 0.25) is 0 Å². The molecule has 0 saturated heterocycles. The lowest BCUT2D eigenvalue weighted by Gasteiger charge is -2.15. The number of carbonyl (C=O) groups is 1. The molecule has 0 aromatic carbocycles. The summed E-state index contributed by atoms with van der Waals surface area (Å²) in [6.07, 6.45) is 4.06. The van der Waals surface area contributed by atoms with Gasteiger partial charge in [-0.15, -0.1) is 11.3 Å². The van der Waals surface area contributed by atoms with Gasteiger partial charge in [0.05, 0.1) is 11.8 Å². The van der Waals surface area contributed by atoms with E-state index in [-0.39, 0.29) is 5.91 Å². The Kier molecular flexibility index (Phi) is 3.36. The van der Waals surface area contributed by atoms with Crippen LogP contribution in [0.15, 0.2) is 29.9 Å². The molecule has 0 spiro atoms. The third-order valence-electron chi connectivity index (χ3n) is 2.37. The van der Waals surface area contributed by atoms with E-state index in [0.29, 0.717) is 5.56 Å².